The molecule has 5 rings (SSSR count). The smallest absolute Gasteiger partial charge is 0.309 e. The number of nitrogens with zero attached hydrogens (tertiary/aromatic N) is 3. The fraction of sp³-hybridized carbons (Fsp3) is 0.393. The van der Waals surface area contributed by atoms with Crippen LogP contribution in [0, 0.1) is 5.92 Å². The van der Waals surface area contributed by atoms with Gasteiger partial charge in [0.15, 0.2) is 0 Å². The number of amides is 1. The van der Waals surface area contributed by atoms with Gasteiger partial charge in [0.2, 0.25) is 0 Å². The lowest BCUT2D eigenvalue weighted by Gasteiger charge is -2.30. The van der Waals surface area contributed by atoms with Crippen LogP contribution in [0.5, 0.6) is 11.5 Å². The number of rotatable bonds is 6. The maximum Gasteiger partial charge on any atom is 0.309 e. The molecular formula is C28H31N3O4. The number of para-hydroxylation sites is 1. The third-order valence-corrected chi connectivity index (χ3v) is 6.94. The zero-order valence-corrected chi connectivity index (χ0v) is 20.1. The lowest BCUT2D eigenvalue weighted by Crippen LogP contribution is -2.40. The zero-order valence-electron chi connectivity index (χ0n) is 20.1. The summed E-state index contributed by atoms with van der Waals surface area (Å²) in [6.45, 7) is 4.14. The fourth-order valence-corrected chi connectivity index (χ4v) is 4.99. The minimum Gasteiger partial charge on any atom is -0.466 e. The molecule has 3 heterocycles. The molecule has 2 aliphatic heterocycles. The van der Waals surface area contributed by atoms with E-state index in [0.29, 0.717) is 44.1 Å². The van der Waals surface area contributed by atoms with E-state index in [4.69, 9.17) is 9.47 Å². The van der Waals surface area contributed by atoms with E-state index in [2.05, 4.69) is 21.7 Å². The second-order valence-electron chi connectivity index (χ2n) is 9.23. The molecule has 1 atom stereocenters. The first-order valence-corrected chi connectivity index (χ1v) is 12.5. The van der Waals surface area contributed by atoms with Gasteiger partial charge in [0.1, 0.15) is 23.0 Å². The van der Waals surface area contributed by atoms with Gasteiger partial charge in [-0.25, -0.2) is 4.98 Å². The molecule has 0 radical (unpaired) electrons. The molecule has 7 nitrogen and oxygen atoms in total. The number of benzene rings is 2. The van der Waals surface area contributed by atoms with Gasteiger partial charge in [0, 0.05) is 38.2 Å². The van der Waals surface area contributed by atoms with Gasteiger partial charge in [-0.1, -0.05) is 30.3 Å². The summed E-state index contributed by atoms with van der Waals surface area (Å²) < 4.78 is 13.2. The van der Waals surface area contributed by atoms with Crippen molar-refractivity contribution in [2.75, 3.05) is 19.7 Å². The zero-order chi connectivity index (χ0) is 24.2. The van der Waals surface area contributed by atoms with Crippen LogP contribution in [0.1, 0.15) is 54.0 Å². The molecule has 2 aliphatic rings. The predicted octanol–water partition coefficient (Wildman–Crippen LogP) is 4.82. The Labute approximate surface area is 205 Å². The summed E-state index contributed by atoms with van der Waals surface area (Å²) in [7, 11) is 0. The van der Waals surface area contributed by atoms with Crippen LogP contribution in [0.15, 0.2) is 60.8 Å². The van der Waals surface area contributed by atoms with E-state index in [0.717, 1.165) is 36.7 Å². The van der Waals surface area contributed by atoms with Gasteiger partial charge in [-0.2, -0.15) is 0 Å². The van der Waals surface area contributed by atoms with Crippen LogP contribution in [0.2, 0.25) is 0 Å². The van der Waals surface area contributed by atoms with Crippen LogP contribution in [0.3, 0.4) is 0 Å². The lowest BCUT2D eigenvalue weighted by atomic mass is 9.91. The number of imidazole rings is 1. The van der Waals surface area contributed by atoms with Gasteiger partial charge in [-0.15, -0.1) is 0 Å². The molecule has 0 unspecified atom stereocenters. The Morgan fingerprint density at radius 1 is 0.971 bits per heavy atom. The van der Waals surface area contributed by atoms with Crippen LogP contribution in [0.4, 0.5) is 0 Å². The van der Waals surface area contributed by atoms with E-state index in [9.17, 15) is 9.59 Å². The minimum atomic E-state index is -0.150. The summed E-state index contributed by atoms with van der Waals surface area (Å²) in [5.41, 5.74) is 1.76. The third-order valence-electron chi connectivity index (χ3n) is 6.94. The van der Waals surface area contributed by atoms with Crippen LogP contribution in [-0.4, -0.2) is 46.0 Å². The number of hydrogen-bond donors (Lipinski definition) is 0. The molecule has 0 bridgehead atoms. The Morgan fingerprint density at radius 3 is 2.40 bits per heavy atom. The van der Waals surface area contributed by atoms with Gasteiger partial charge in [0.25, 0.3) is 5.91 Å². The van der Waals surface area contributed by atoms with Crippen LogP contribution >= 0.6 is 0 Å². The topological polar surface area (TPSA) is 73.7 Å². The molecule has 35 heavy (non-hydrogen) atoms. The van der Waals surface area contributed by atoms with E-state index < -0.39 is 0 Å². The molecule has 1 fully saturated rings. The number of fused-ring (bicyclic) bond motifs is 1. The van der Waals surface area contributed by atoms with E-state index >= 15 is 0 Å². The molecule has 182 valence electrons. The second kappa shape index (κ2) is 10.3. The average molecular weight is 474 g/mol. The van der Waals surface area contributed by atoms with Crippen LogP contribution < -0.4 is 4.74 Å². The number of ether oxygens (including phenoxy) is 2. The minimum absolute atomic E-state index is 0.0480. The Bertz CT molecular complexity index is 1160. The summed E-state index contributed by atoms with van der Waals surface area (Å²) in [6, 6.07) is 18.1. The summed E-state index contributed by atoms with van der Waals surface area (Å²) >= 11 is 0. The monoisotopic (exact) mass is 473 g/mol. The first kappa shape index (κ1) is 23.1. The van der Waals surface area contributed by atoms with Gasteiger partial charge in [-0.3, -0.25) is 9.59 Å². The third kappa shape index (κ3) is 5.24. The Kier molecular flexibility index (Phi) is 6.84. The number of carbonyl (C=O) groups excluding carboxylic acids is 2. The van der Waals surface area contributed by atoms with Crippen molar-refractivity contribution in [3.8, 4) is 11.5 Å². The quantitative estimate of drug-likeness (QED) is 0.480. The highest BCUT2D eigenvalue weighted by molar-refractivity contribution is 5.92. The molecule has 1 saturated heterocycles. The van der Waals surface area contributed by atoms with E-state index in [1.54, 1.807) is 0 Å². The van der Waals surface area contributed by atoms with Crippen molar-refractivity contribution in [3.63, 3.8) is 0 Å². The normalized spacial score (nSPS) is 18.1. The van der Waals surface area contributed by atoms with Crippen molar-refractivity contribution in [2.45, 2.75) is 45.1 Å². The van der Waals surface area contributed by atoms with Crippen LogP contribution in [-0.2, 0) is 22.5 Å². The molecule has 1 aromatic heterocycles. The highest BCUT2D eigenvalue weighted by Gasteiger charge is 2.30. The fourth-order valence-electron chi connectivity index (χ4n) is 4.99. The van der Waals surface area contributed by atoms with Crippen LogP contribution in [0.25, 0.3) is 0 Å². The highest BCUT2D eigenvalue weighted by atomic mass is 16.5. The molecule has 1 amide bonds. The van der Waals surface area contributed by atoms with Gasteiger partial charge in [-0.05, 0) is 56.0 Å². The summed E-state index contributed by atoms with van der Waals surface area (Å²) in [4.78, 5) is 31.5. The predicted molar refractivity (Wildman–Crippen MR) is 132 cm³/mol. The first-order valence-electron chi connectivity index (χ1n) is 12.5. The maximum atomic E-state index is 13.1. The number of aryl methyl sites for hydroxylation is 1. The lowest BCUT2D eigenvalue weighted by molar-refractivity contribution is -0.149. The Hall–Kier alpha value is -3.61. The van der Waals surface area contributed by atoms with Crippen molar-refractivity contribution in [2.24, 2.45) is 5.92 Å². The number of esters is 1. The van der Waals surface area contributed by atoms with Crippen molar-refractivity contribution in [1.82, 2.24) is 14.5 Å². The Morgan fingerprint density at radius 2 is 1.69 bits per heavy atom. The second-order valence-corrected chi connectivity index (χ2v) is 9.23. The number of hydrogen-bond acceptors (Lipinski definition) is 5. The molecule has 3 aromatic rings. The molecule has 0 aliphatic carbocycles. The molecule has 0 spiro atoms. The number of likely N-dealkylation sites (tertiary alicyclic amines) is 1. The average Bonchev–Trinajstić information content (AvgIpc) is 3.33. The molecule has 0 N–H and O–H groups in total. The summed E-state index contributed by atoms with van der Waals surface area (Å²) in [6.07, 6.45) is 5.02. The number of piperidine rings is 1. The molecule has 2 aromatic carbocycles. The van der Waals surface area contributed by atoms with Crippen molar-refractivity contribution in [3.05, 3.63) is 77.9 Å². The molecule has 7 heteroatoms. The van der Waals surface area contributed by atoms with E-state index in [1.807, 2.05) is 60.5 Å². The van der Waals surface area contributed by atoms with E-state index in [1.165, 1.54) is 5.56 Å². The highest BCUT2D eigenvalue weighted by Crippen LogP contribution is 2.31. The molecule has 0 saturated carbocycles. The van der Waals surface area contributed by atoms with Gasteiger partial charge < -0.3 is 18.9 Å². The van der Waals surface area contributed by atoms with Crippen molar-refractivity contribution < 1.29 is 19.1 Å². The number of carbonyl (C=O) groups is 2. The van der Waals surface area contributed by atoms with Crippen molar-refractivity contribution in [1.29, 1.82) is 0 Å². The summed E-state index contributed by atoms with van der Waals surface area (Å²) in [5, 5.41) is 0. The standard InChI is InChI=1S/C28H31N3O4/c1-2-34-28(33)21-14-16-30(17-15-21)27(32)25-19-31-18-22(10-13-26(31)29-25)20-8-11-24(12-9-20)35-23-6-4-3-5-7-23/h3-9,11-12,19,21-22H,2,10,13-18H2,1H3/t22-/m0/s1. The SMILES string of the molecule is CCOC(=O)C1CCN(C(=O)c2cn3c(n2)CC[C@H](c2ccc(Oc4ccccc4)cc2)C3)CC1. The maximum absolute atomic E-state index is 13.1. The van der Waals surface area contributed by atoms with Gasteiger partial charge >= 0.3 is 5.97 Å². The number of aromatic nitrogens is 2. The largest absolute Gasteiger partial charge is 0.466 e. The Balaban J connectivity index is 1.19. The first-order chi connectivity index (χ1) is 17.1. The van der Waals surface area contributed by atoms with Gasteiger partial charge in [0.05, 0.1) is 12.5 Å². The summed E-state index contributed by atoms with van der Waals surface area (Å²) in [5.74, 6) is 2.66. The van der Waals surface area contributed by atoms with Crippen molar-refractivity contribution >= 4 is 11.9 Å². The van der Waals surface area contributed by atoms with E-state index in [-0.39, 0.29) is 17.8 Å². The molecular weight excluding hydrogens is 442 g/mol.